The molecule has 0 bridgehead atoms. The molecule has 8 heteroatoms. The number of benzene rings is 2. The Balaban J connectivity index is 1.23. The van der Waals surface area contributed by atoms with Crippen LogP contribution in [-0.2, 0) is 29.1 Å². The van der Waals surface area contributed by atoms with Gasteiger partial charge >= 0.3 is 5.97 Å². The smallest absolute Gasteiger partial charge is 0.308 e. The molecule has 6 rings (SSSR count). The molecule has 0 amide bonds. The fourth-order valence-electron chi connectivity index (χ4n) is 6.11. The summed E-state index contributed by atoms with van der Waals surface area (Å²) in [6.45, 7) is 8.79. The maximum Gasteiger partial charge on any atom is 0.308 e. The molecule has 1 N–H and O–H groups in total. The number of hydrogen-bond donors (Lipinski definition) is 1. The largest absolute Gasteiger partial charge is 0.488 e. The second-order valence-electron chi connectivity index (χ2n) is 11.3. The van der Waals surface area contributed by atoms with Gasteiger partial charge < -0.3 is 19.5 Å². The summed E-state index contributed by atoms with van der Waals surface area (Å²) in [7, 11) is 0. The topological polar surface area (TPSA) is 98.9 Å². The third-order valence-corrected chi connectivity index (χ3v) is 8.55. The first-order valence-corrected chi connectivity index (χ1v) is 14.0. The monoisotopic (exact) mass is 538 g/mol. The number of nitrogens with zero attached hydrogens (tertiary/aromatic N) is 4. The van der Waals surface area contributed by atoms with Crippen LogP contribution in [0.4, 0.5) is 5.82 Å². The highest BCUT2D eigenvalue weighted by atomic mass is 16.5. The maximum absolute atomic E-state index is 11.6. The van der Waals surface area contributed by atoms with Crippen LogP contribution in [0.3, 0.4) is 0 Å². The molecule has 1 aromatic heterocycles. The lowest BCUT2D eigenvalue weighted by atomic mass is 9.92. The number of anilines is 1. The minimum atomic E-state index is -0.757. The molecule has 2 aromatic carbocycles. The number of carboxylic acids is 1. The first-order valence-electron chi connectivity index (χ1n) is 14.0. The van der Waals surface area contributed by atoms with Gasteiger partial charge in [-0.25, -0.2) is 4.98 Å². The third-order valence-electron chi connectivity index (χ3n) is 8.55. The second kappa shape index (κ2) is 10.9. The summed E-state index contributed by atoms with van der Waals surface area (Å²) in [4.78, 5) is 21.0. The number of aliphatic carboxylic acids is 1. The summed E-state index contributed by atoms with van der Waals surface area (Å²) in [5, 5.41) is 19.5. The van der Waals surface area contributed by atoms with E-state index in [1.165, 1.54) is 5.56 Å². The molecule has 206 valence electrons. The van der Waals surface area contributed by atoms with Gasteiger partial charge in [0.2, 0.25) is 0 Å². The number of nitriles is 1. The van der Waals surface area contributed by atoms with E-state index in [-0.39, 0.29) is 5.92 Å². The molecule has 0 aliphatic carbocycles. The molecule has 8 nitrogen and oxygen atoms in total. The van der Waals surface area contributed by atoms with Crippen molar-refractivity contribution >= 4 is 11.8 Å². The number of aromatic nitrogens is 1. The number of pyridine rings is 1. The van der Waals surface area contributed by atoms with Gasteiger partial charge in [0.15, 0.2) is 0 Å². The number of hydrogen-bond acceptors (Lipinski definition) is 7. The number of carboxylic acid groups (broad SMARTS) is 1. The molecule has 3 aliphatic rings. The lowest BCUT2D eigenvalue weighted by Gasteiger charge is -2.40. The van der Waals surface area contributed by atoms with Gasteiger partial charge in [-0.3, -0.25) is 9.69 Å². The highest BCUT2D eigenvalue weighted by molar-refractivity contribution is 5.73. The first-order chi connectivity index (χ1) is 19.4. The van der Waals surface area contributed by atoms with E-state index in [0.717, 1.165) is 77.8 Å². The van der Waals surface area contributed by atoms with Crippen molar-refractivity contribution in [2.45, 2.75) is 39.5 Å². The van der Waals surface area contributed by atoms with E-state index in [9.17, 15) is 15.2 Å². The van der Waals surface area contributed by atoms with Gasteiger partial charge in [-0.15, -0.1) is 0 Å². The summed E-state index contributed by atoms with van der Waals surface area (Å²) in [5.41, 5.74) is 6.74. The van der Waals surface area contributed by atoms with Gasteiger partial charge in [-0.05, 0) is 65.8 Å². The lowest BCUT2D eigenvalue weighted by molar-refractivity contribution is -0.142. The van der Waals surface area contributed by atoms with Gasteiger partial charge in [0.1, 0.15) is 18.2 Å². The summed E-state index contributed by atoms with van der Waals surface area (Å²) >= 11 is 0. The molecular weight excluding hydrogens is 504 g/mol. The number of aryl methyl sites for hydroxylation is 1. The van der Waals surface area contributed by atoms with Crippen molar-refractivity contribution in [2.24, 2.45) is 11.8 Å². The fraction of sp³-hybridized carbons (Fsp3) is 0.406. The van der Waals surface area contributed by atoms with Crippen LogP contribution >= 0.6 is 0 Å². The number of para-hydroxylation sites is 1. The van der Waals surface area contributed by atoms with E-state index in [0.29, 0.717) is 25.7 Å². The average Bonchev–Trinajstić information content (AvgIpc) is 3.33. The number of fused-ring (bicyclic) bond motifs is 1. The van der Waals surface area contributed by atoms with Crippen LogP contribution in [0.25, 0.3) is 11.3 Å². The minimum absolute atomic E-state index is 0.0611. The van der Waals surface area contributed by atoms with E-state index in [4.69, 9.17) is 14.5 Å². The van der Waals surface area contributed by atoms with Crippen LogP contribution in [0, 0.1) is 30.1 Å². The molecular formula is C32H34N4O4. The normalized spacial score (nSPS) is 21.0. The van der Waals surface area contributed by atoms with Crippen molar-refractivity contribution in [1.82, 2.24) is 9.88 Å². The average molecular weight is 539 g/mol. The Hall–Kier alpha value is -3.93. The summed E-state index contributed by atoms with van der Waals surface area (Å²) in [5.74, 6) is 0.446. The predicted molar refractivity (Wildman–Crippen MR) is 151 cm³/mol. The minimum Gasteiger partial charge on any atom is -0.488 e. The van der Waals surface area contributed by atoms with Crippen molar-refractivity contribution in [2.75, 3.05) is 37.7 Å². The van der Waals surface area contributed by atoms with E-state index in [1.807, 2.05) is 56.3 Å². The van der Waals surface area contributed by atoms with E-state index >= 15 is 0 Å². The summed E-state index contributed by atoms with van der Waals surface area (Å²) < 4.78 is 11.8. The van der Waals surface area contributed by atoms with Crippen LogP contribution in [0.15, 0.2) is 48.5 Å². The summed E-state index contributed by atoms with van der Waals surface area (Å²) in [6.07, 6.45) is 0.915. The fourth-order valence-corrected chi connectivity index (χ4v) is 6.11. The SMILES string of the molecule is Cc1cccc(-c2cccc(N3CC(C(=O)O)[C@@H](C)C3)n2)c1OCc1cc(C#N)c2c(c1)CCN(C1COC1)C2. The van der Waals surface area contributed by atoms with Crippen molar-refractivity contribution < 1.29 is 19.4 Å². The predicted octanol–water partition coefficient (Wildman–Crippen LogP) is 4.42. The van der Waals surface area contributed by atoms with Crippen LogP contribution in [0.1, 0.15) is 34.7 Å². The molecule has 1 unspecified atom stereocenters. The highest BCUT2D eigenvalue weighted by Crippen LogP contribution is 2.35. The summed E-state index contributed by atoms with van der Waals surface area (Å²) in [6, 6.07) is 18.9. The van der Waals surface area contributed by atoms with E-state index < -0.39 is 11.9 Å². The Labute approximate surface area is 234 Å². The van der Waals surface area contributed by atoms with Crippen LogP contribution in [-0.4, -0.2) is 59.8 Å². The highest BCUT2D eigenvalue weighted by Gasteiger charge is 2.35. The molecule has 3 aliphatic heterocycles. The van der Waals surface area contributed by atoms with Gasteiger partial charge in [-0.2, -0.15) is 5.26 Å². The van der Waals surface area contributed by atoms with E-state index in [2.05, 4.69) is 21.9 Å². The number of ether oxygens (including phenoxy) is 2. The Morgan fingerprint density at radius 2 is 2.02 bits per heavy atom. The molecule has 0 saturated carbocycles. The molecule has 2 atom stereocenters. The Kier molecular flexibility index (Phi) is 7.18. The molecule has 2 fully saturated rings. The van der Waals surface area contributed by atoms with Crippen LogP contribution in [0.2, 0.25) is 0 Å². The van der Waals surface area contributed by atoms with E-state index in [1.54, 1.807) is 0 Å². The Morgan fingerprint density at radius 3 is 2.75 bits per heavy atom. The zero-order chi connectivity index (χ0) is 27.8. The first kappa shape index (κ1) is 26.3. The van der Waals surface area contributed by atoms with Crippen molar-refractivity contribution in [1.29, 1.82) is 5.26 Å². The van der Waals surface area contributed by atoms with Gasteiger partial charge in [0, 0.05) is 31.7 Å². The Morgan fingerprint density at radius 1 is 1.20 bits per heavy atom. The zero-order valence-electron chi connectivity index (χ0n) is 23.0. The van der Waals surface area contributed by atoms with Gasteiger partial charge in [0.25, 0.3) is 0 Å². The number of rotatable bonds is 7. The molecule has 0 spiro atoms. The molecule has 2 saturated heterocycles. The van der Waals surface area contributed by atoms with Gasteiger partial charge in [0.05, 0.1) is 42.5 Å². The molecule has 0 radical (unpaired) electrons. The third kappa shape index (κ3) is 5.03. The second-order valence-corrected chi connectivity index (χ2v) is 11.3. The Bertz CT molecular complexity index is 1480. The lowest BCUT2D eigenvalue weighted by Crippen LogP contribution is -2.50. The van der Waals surface area contributed by atoms with Gasteiger partial charge in [-0.1, -0.05) is 31.2 Å². The zero-order valence-corrected chi connectivity index (χ0v) is 23.0. The molecule has 3 aromatic rings. The molecule has 4 heterocycles. The molecule has 40 heavy (non-hydrogen) atoms. The number of carbonyl (C=O) groups is 1. The van der Waals surface area contributed by atoms with Crippen LogP contribution in [0.5, 0.6) is 5.75 Å². The van der Waals surface area contributed by atoms with Crippen LogP contribution < -0.4 is 9.64 Å². The quantitative estimate of drug-likeness (QED) is 0.472. The van der Waals surface area contributed by atoms with Crippen molar-refractivity contribution in [3.05, 3.63) is 76.3 Å². The van der Waals surface area contributed by atoms with Crippen molar-refractivity contribution in [3.63, 3.8) is 0 Å². The maximum atomic E-state index is 11.6. The standard InChI is InChI=1S/C32H34N4O4/c1-20-5-3-6-26(29-7-4-8-30(34-29)36-14-21(2)27(15-36)32(37)38)31(20)40-17-22-11-23-9-10-35(25-18-39-19-25)16-28(23)24(12-22)13-33/h3-8,11-12,21,25,27H,9-10,14-19H2,1-2H3,(H,37,38)/t21-,27?/m0/s1. The van der Waals surface area contributed by atoms with Crippen molar-refractivity contribution in [3.8, 4) is 23.1 Å².